The molecule has 0 fully saturated rings. The number of carbonyl (C=O) groups excluding carboxylic acids is 2. The van der Waals surface area contributed by atoms with E-state index in [0.29, 0.717) is 30.2 Å². The number of benzene rings is 3. The molecule has 0 aromatic heterocycles. The second kappa shape index (κ2) is 9.66. The van der Waals surface area contributed by atoms with Crippen molar-refractivity contribution >= 4 is 17.5 Å². The minimum atomic E-state index is -0.578. The minimum Gasteiger partial charge on any atom is -0.497 e. The van der Waals surface area contributed by atoms with Gasteiger partial charge in [-0.15, -0.1) is 0 Å². The van der Waals surface area contributed by atoms with Gasteiger partial charge in [0.15, 0.2) is 0 Å². The lowest BCUT2D eigenvalue weighted by Crippen LogP contribution is -2.47. The highest BCUT2D eigenvalue weighted by molar-refractivity contribution is 6.04. The highest BCUT2D eigenvalue weighted by Crippen LogP contribution is 2.43. The molecule has 0 saturated heterocycles. The minimum absolute atomic E-state index is 0.0972. The van der Waals surface area contributed by atoms with Crippen LogP contribution in [-0.2, 0) is 9.53 Å². The lowest BCUT2D eigenvalue weighted by Gasteiger charge is -2.41. The van der Waals surface area contributed by atoms with Crippen LogP contribution in [0.1, 0.15) is 33.4 Å². The number of hydrogen-bond donors (Lipinski definition) is 1. The normalized spacial score (nSPS) is 17.6. The molecule has 3 aromatic rings. The van der Waals surface area contributed by atoms with Gasteiger partial charge in [-0.1, -0.05) is 48.5 Å². The van der Waals surface area contributed by atoms with E-state index < -0.39 is 12.0 Å². The Morgan fingerprint density at radius 2 is 1.62 bits per heavy atom. The molecule has 6 heteroatoms. The third-order valence-corrected chi connectivity index (χ3v) is 5.76. The first-order valence-electron chi connectivity index (χ1n) is 10.5. The van der Waals surface area contributed by atoms with Crippen LogP contribution in [0.15, 0.2) is 78.9 Å². The summed E-state index contributed by atoms with van der Waals surface area (Å²) in [5.41, 5.74) is 2.85. The SMILES string of the molecule is COCCN1C(=O)c2ccccc2C(C(=O)Nc2ccc(OC)cc2)C1c1ccccc1. The number of methoxy groups -OCH3 is 2. The van der Waals surface area contributed by atoms with Gasteiger partial charge in [0.25, 0.3) is 5.91 Å². The monoisotopic (exact) mass is 430 g/mol. The molecule has 1 N–H and O–H groups in total. The van der Waals surface area contributed by atoms with Crippen LogP contribution < -0.4 is 10.1 Å². The van der Waals surface area contributed by atoms with E-state index in [1.165, 1.54) is 0 Å². The second-order valence-electron chi connectivity index (χ2n) is 7.63. The molecular weight excluding hydrogens is 404 g/mol. The topological polar surface area (TPSA) is 67.9 Å². The standard InChI is InChI=1S/C26H26N2O4/c1-31-17-16-28-24(18-8-4-3-5-9-18)23(21-10-6-7-11-22(21)26(28)30)25(29)27-19-12-14-20(32-2)15-13-19/h3-15,23-24H,16-17H2,1-2H3,(H,27,29). The summed E-state index contributed by atoms with van der Waals surface area (Å²) in [6, 6.07) is 23.8. The van der Waals surface area contributed by atoms with Crippen molar-refractivity contribution in [2.75, 3.05) is 32.7 Å². The largest absolute Gasteiger partial charge is 0.497 e. The summed E-state index contributed by atoms with van der Waals surface area (Å²) < 4.78 is 10.5. The van der Waals surface area contributed by atoms with E-state index in [9.17, 15) is 9.59 Å². The first kappa shape index (κ1) is 21.6. The molecule has 0 spiro atoms. The molecule has 3 aromatic carbocycles. The molecule has 1 aliphatic heterocycles. The Morgan fingerprint density at radius 3 is 2.31 bits per heavy atom. The third kappa shape index (κ3) is 4.22. The fourth-order valence-corrected chi connectivity index (χ4v) is 4.23. The molecule has 2 amide bonds. The van der Waals surface area contributed by atoms with Crippen molar-refractivity contribution < 1.29 is 19.1 Å². The molecule has 4 rings (SSSR count). The molecule has 0 aliphatic carbocycles. The maximum Gasteiger partial charge on any atom is 0.254 e. The summed E-state index contributed by atoms with van der Waals surface area (Å²) in [5.74, 6) is -0.138. The summed E-state index contributed by atoms with van der Waals surface area (Å²) in [5, 5.41) is 3.03. The smallest absolute Gasteiger partial charge is 0.254 e. The summed E-state index contributed by atoms with van der Waals surface area (Å²) in [7, 11) is 3.20. The van der Waals surface area contributed by atoms with Crippen LogP contribution in [0.25, 0.3) is 0 Å². The van der Waals surface area contributed by atoms with Gasteiger partial charge in [0.2, 0.25) is 5.91 Å². The number of anilines is 1. The number of nitrogens with zero attached hydrogens (tertiary/aromatic N) is 1. The van der Waals surface area contributed by atoms with Crippen molar-refractivity contribution in [2.24, 2.45) is 0 Å². The molecule has 32 heavy (non-hydrogen) atoms. The second-order valence-corrected chi connectivity index (χ2v) is 7.63. The third-order valence-electron chi connectivity index (χ3n) is 5.76. The first-order valence-corrected chi connectivity index (χ1v) is 10.5. The van der Waals surface area contributed by atoms with E-state index in [-0.39, 0.29) is 11.8 Å². The van der Waals surface area contributed by atoms with Gasteiger partial charge in [-0.3, -0.25) is 9.59 Å². The number of carbonyl (C=O) groups is 2. The highest BCUT2D eigenvalue weighted by atomic mass is 16.5. The van der Waals surface area contributed by atoms with Gasteiger partial charge in [-0.2, -0.15) is 0 Å². The number of hydrogen-bond acceptors (Lipinski definition) is 4. The van der Waals surface area contributed by atoms with Crippen LogP contribution in [0.4, 0.5) is 5.69 Å². The Labute approximate surface area is 187 Å². The molecule has 2 atom stereocenters. The summed E-state index contributed by atoms with van der Waals surface area (Å²) >= 11 is 0. The van der Waals surface area contributed by atoms with Crippen molar-refractivity contribution in [2.45, 2.75) is 12.0 Å². The Kier molecular flexibility index (Phi) is 6.52. The van der Waals surface area contributed by atoms with Crippen LogP contribution in [-0.4, -0.2) is 44.1 Å². The number of ether oxygens (including phenoxy) is 2. The van der Waals surface area contributed by atoms with Crippen molar-refractivity contribution in [1.82, 2.24) is 4.90 Å². The molecule has 0 radical (unpaired) electrons. The van der Waals surface area contributed by atoms with Crippen molar-refractivity contribution in [3.63, 3.8) is 0 Å². The average molecular weight is 431 g/mol. The number of fused-ring (bicyclic) bond motifs is 1. The van der Waals surface area contributed by atoms with Crippen LogP contribution >= 0.6 is 0 Å². The Bertz CT molecular complexity index is 1080. The predicted octanol–water partition coefficient (Wildman–Crippen LogP) is 4.26. The van der Waals surface area contributed by atoms with Crippen LogP contribution in [0.3, 0.4) is 0 Å². The summed E-state index contributed by atoms with van der Waals surface area (Å²) in [6.45, 7) is 0.763. The lowest BCUT2D eigenvalue weighted by atomic mass is 9.79. The zero-order valence-corrected chi connectivity index (χ0v) is 18.2. The lowest BCUT2D eigenvalue weighted by molar-refractivity contribution is -0.119. The van der Waals surface area contributed by atoms with Crippen molar-refractivity contribution in [3.05, 3.63) is 95.6 Å². The maximum absolute atomic E-state index is 13.7. The number of amides is 2. The molecule has 1 heterocycles. The van der Waals surface area contributed by atoms with E-state index in [0.717, 1.165) is 11.1 Å². The fraction of sp³-hybridized carbons (Fsp3) is 0.231. The van der Waals surface area contributed by atoms with Gasteiger partial charge in [0, 0.05) is 24.9 Å². The van der Waals surface area contributed by atoms with Gasteiger partial charge < -0.3 is 19.7 Å². The number of rotatable bonds is 7. The molecule has 2 unspecified atom stereocenters. The molecule has 6 nitrogen and oxygen atoms in total. The Morgan fingerprint density at radius 1 is 0.938 bits per heavy atom. The van der Waals surface area contributed by atoms with Gasteiger partial charge >= 0.3 is 0 Å². The molecule has 0 bridgehead atoms. The van der Waals surface area contributed by atoms with Crippen LogP contribution in [0.2, 0.25) is 0 Å². The van der Waals surface area contributed by atoms with Gasteiger partial charge in [0.05, 0.1) is 25.7 Å². The molecule has 0 saturated carbocycles. The Balaban J connectivity index is 1.78. The maximum atomic E-state index is 13.7. The van der Waals surface area contributed by atoms with E-state index in [4.69, 9.17) is 9.47 Å². The molecule has 1 aliphatic rings. The van der Waals surface area contributed by atoms with Crippen LogP contribution in [0.5, 0.6) is 5.75 Å². The van der Waals surface area contributed by atoms with Gasteiger partial charge in [-0.05, 0) is 41.5 Å². The quantitative estimate of drug-likeness (QED) is 0.608. The number of nitrogens with one attached hydrogen (secondary N) is 1. The van der Waals surface area contributed by atoms with Crippen molar-refractivity contribution in [3.8, 4) is 5.75 Å². The Hall–Kier alpha value is -3.64. The van der Waals surface area contributed by atoms with Gasteiger partial charge in [0.1, 0.15) is 5.75 Å². The highest BCUT2D eigenvalue weighted by Gasteiger charge is 2.43. The van der Waals surface area contributed by atoms with Crippen molar-refractivity contribution in [1.29, 1.82) is 0 Å². The first-order chi connectivity index (χ1) is 15.6. The van der Waals surface area contributed by atoms with Gasteiger partial charge in [-0.25, -0.2) is 0 Å². The van der Waals surface area contributed by atoms with Crippen LogP contribution in [0, 0.1) is 0 Å². The molecular formula is C26H26N2O4. The van der Waals surface area contributed by atoms with E-state index in [1.54, 1.807) is 49.5 Å². The average Bonchev–Trinajstić information content (AvgIpc) is 2.84. The zero-order chi connectivity index (χ0) is 22.5. The predicted molar refractivity (Wildman–Crippen MR) is 123 cm³/mol. The molecule has 164 valence electrons. The zero-order valence-electron chi connectivity index (χ0n) is 18.2. The fourth-order valence-electron chi connectivity index (χ4n) is 4.23. The van der Waals surface area contributed by atoms with E-state index >= 15 is 0 Å². The van der Waals surface area contributed by atoms with E-state index in [2.05, 4.69) is 5.32 Å². The summed E-state index contributed by atoms with van der Waals surface area (Å²) in [6.07, 6.45) is 0. The van der Waals surface area contributed by atoms with E-state index in [1.807, 2.05) is 48.5 Å². The summed E-state index contributed by atoms with van der Waals surface area (Å²) in [4.78, 5) is 28.9.